The minimum absolute atomic E-state index is 0.269. The molecule has 0 aliphatic rings. The van der Waals surface area contributed by atoms with E-state index in [2.05, 4.69) is 9.97 Å². The highest BCUT2D eigenvalue weighted by Gasteiger charge is 2.05. The Hall–Kier alpha value is -2.04. The summed E-state index contributed by atoms with van der Waals surface area (Å²) in [6.45, 7) is 0.534. The maximum Gasteiger partial charge on any atom is 0.225 e. The number of benzene rings is 1. The van der Waals surface area contributed by atoms with Crippen LogP contribution >= 0.6 is 0 Å². The molecule has 0 radical (unpaired) electrons. The zero-order chi connectivity index (χ0) is 12.3. The number of hydrogen-bond acceptors (Lipinski definition) is 3. The van der Waals surface area contributed by atoms with Gasteiger partial charge in [0.25, 0.3) is 0 Å². The van der Waals surface area contributed by atoms with Crippen LogP contribution < -0.4 is 4.90 Å². The molecule has 5 heteroatoms. The molecule has 0 bridgehead atoms. The molecular weight excluding hydrogens is 224 g/mol. The molecule has 0 atom stereocenters. The van der Waals surface area contributed by atoms with Crippen molar-refractivity contribution in [3.8, 4) is 0 Å². The third-order valence-electron chi connectivity index (χ3n) is 2.28. The predicted molar refractivity (Wildman–Crippen MR) is 60.5 cm³/mol. The molecule has 0 unspecified atom stereocenters. The Morgan fingerprint density at radius 3 is 2.18 bits per heavy atom. The van der Waals surface area contributed by atoms with Crippen molar-refractivity contribution in [3.05, 3.63) is 53.9 Å². The van der Waals surface area contributed by atoms with E-state index in [0.717, 1.165) is 18.0 Å². The number of hydrogen-bond donors (Lipinski definition) is 0. The van der Waals surface area contributed by atoms with E-state index in [1.807, 2.05) is 0 Å². The lowest BCUT2D eigenvalue weighted by Gasteiger charge is -2.16. The molecule has 1 aromatic heterocycles. The van der Waals surface area contributed by atoms with Gasteiger partial charge in [-0.1, -0.05) is 12.1 Å². The van der Waals surface area contributed by atoms with Crippen molar-refractivity contribution in [1.29, 1.82) is 0 Å². The Bertz CT molecular complexity index is 482. The van der Waals surface area contributed by atoms with Gasteiger partial charge >= 0.3 is 0 Å². The van der Waals surface area contributed by atoms with Gasteiger partial charge in [0.1, 0.15) is 5.82 Å². The molecule has 88 valence electrons. The van der Waals surface area contributed by atoms with Gasteiger partial charge in [-0.15, -0.1) is 0 Å². The first-order valence-corrected chi connectivity index (χ1v) is 5.08. The van der Waals surface area contributed by atoms with E-state index in [1.54, 1.807) is 24.1 Å². The smallest absolute Gasteiger partial charge is 0.225 e. The summed E-state index contributed by atoms with van der Waals surface area (Å²) in [4.78, 5) is 9.47. The Kier molecular flexibility index (Phi) is 3.27. The summed E-state index contributed by atoms with van der Waals surface area (Å²) in [6.07, 6.45) is 2.23. The second-order valence-electron chi connectivity index (χ2n) is 3.68. The molecule has 2 aromatic rings. The summed E-state index contributed by atoms with van der Waals surface area (Å²) in [5, 5.41) is 0. The summed E-state index contributed by atoms with van der Waals surface area (Å²) >= 11 is 0. The Balaban J connectivity index is 2.08. The predicted octanol–water partition coefficient (Wildman–Crippen LogP) is 2.39. The number of nitrogens with zero attached hydrogens (tertiary/aromatic N) is 3. The molecular formula is C12H11F2N3. The van der Waals surface area contributed by atoms with E-state index in [-0.39, 0.29) is 5.82 Å². The number of rotatable bonds is 3. The van der Waals surface area contributed by atoms with Crippen LogP contribution in [0.1, 0.15) is 5.56 Å². The molecule has 0 saturated carbocycles. The van der Waals surface area contributed by atoms with Crippen molar-refractivity contribution in [1.82, 2.24) is 9.97 Å². The standard InChI is InChI=1S/C12H11F2N3/c1-17(12-15-6-11(14)7-16-12)8-9-2-4-10(13)5-3-9/h2-7H,8H2,1H3. The van der Waals surface area contributed by atoms with Gasteiger partial charge in [-0.05, 0) is 17.7 Å². The summed E-state index contributed by atoms with van der Waals surface area (Å²) in [6, 6.07) is 6.17. The van der Waals surface area contributed by atoms with Crippen molar-refractivity contribution in [2.75, 3.05) is 11.9 Å². The van der Waals surface area contributed by atoms with Gasteiger partial charge < -0.3 is 4.90 Å². The van der Waals surface area contributed by atoms with Gasteiger partial charge in [-0.25, -0.2) is 18.7 Å². The lowest BCUT2D eigenvalue weighted by atomic mass is 10.2. The van der Waals surface area contributed by atoms with Gasteiger partial charge in [0.15, 0.2) is 5.82 Å². The van der Waals surface area contributed by atoms with Crippen LogP contribution in [-0.4, -0.2) is 17.0 Å². The van der Waals surface area contributed by atoms with Gasteiger partial charge in [0, 0.05) is 13.6 Å². The molecule has 1 heterocycles. The highest BCUT2D eigenvalue weighted by molar-refractivity contribution is 5.30. The third-order valence-corrected chi connectivity index (χ3v) is 2.28. The van der Waals surface area contributed by atoms with E-state index in [0.29, 0.717) is 12.5 Å². The number of halogens is 2. The fraction of sp³-hybridized carbons (Fsp3) is 0.167. The van der Waals surface area contributed by atoms with Gasteiger partial charge in [0.2, 0.25) is 5.95 Å². The molecule has 0 N–H and O–H groups in total. The van der Waals surface area contributed by atoms with E-state index >= 15 is 0 Å². The van der Waals surface area contributed by atoms with Crippen molar-refractivity contribution in [3.63, 3.8) is 0 Å². The highest BCUT2D eigenvalue weighted by atomic mass is 19.1. The molecule has 0 amide bonds. The fourth-order valence-corrected chi connectivity index (χ4v) is 1.44. The number of anilines is 1. The van der Waals surface area contributed by atoms with E-state index < -0.39 is 5.82 Å². The van der Waals surface area contributed by atoms with Crippen molar-refractivity contribution < 1.29 is 8.78 Å². The lowest BCUT2D eigenvalue weighted by Crippen LogP contribution is -2.19. The van der Waals surface area contributed by atoms with E-state index in [9.17, 15) is 8.78 Å². The summed E-state index contributed by atoms with van der Waals surface area (Å²) in [7, 11) is 1.79. The SMILES string of the molecule is CN(Cc1ccc(F)cc1)c1ncc(F)cn1. The zero-order valence-electron chi connectivity index (χ0n) is 9.27. The minimum Gasteiger partial charge on any atom is -0.340 e. The maximum atomic E-state index is 12.7. The monoisotopic (exact) mass is 235 g/mol. The zero-order valence-corrected chi connectivity index (χ0v) is 9.27. The van der Waals surface area contributed by atoms with E-state index in [4.69, 9.17) is 0 Å². The first-order chi connectivity index (χ1) is 8.15. The van der Waals surface area contributed by atoms with E-state index in [1.165, 1.54) is 12.1 Å². The largest absolute Gasteiger partial charge is 0.340 e. The minimum atomic E-state index is -0.469. The third kappa shape index (κ3) is 2.96. The van der Waals surface area contributed by atoms with Crippen LogP contribution in [0.15, 0.2) is 36.7 Å². The molecule has 0 aliphatic heterocycles. The molecule has 17 heavy (non-hydrogen) atoms. The topological polar surface area (TPSA) is 29.0 Å². The Morgan fingerprint density at radius 1 is 1.00 bits per heavy atom. The van der Waals surface area contributed by atoms with Crippen LogP contribution in [0.5, 0.6) is 0 Å². The van der Waals surface area contributed by atoms with Crippen LogP contribution in [0.2, 0.25) is 0 Å². The average molecular weight is 235 g/mol. The quantitative estimate of drug-likeness (QED) is 0.818. The molecule has 3 nitrogen and oxygen atoms in total. The Labute approximate surface area is 97.7 Å². The second-order valence-corrected chi connectivity index (χ2v) is 3.68. The first kappa shape index (κ1) is 11.4. The highest BCUT2D eigenvalue weighted by Crippen LogP contribution is 2.10. The van der Waals surface area contributed by atoms with Crippen molar-refractivity contribution in [2.45, 2.75) is 6.54 Å². The summed E-state index contributed by atoms with van der Waals surface area (Å²) < 4.78 is 25.3. The summed E-state index contributed by atoms with van der Waals surface area (Å²) in [5.41, 5.74) is 0.932. The summed E-state index contributed by atoms with van der Waals surface area (Å²) in [5.74, 6) is -0.311. The first-order valence-electron chi connectivity index (χ1n) is 5.08. The lowest BCUT2D eigenvalue weighted by molar-refractivity contribution is 0.612. The molecule has 2 rings (SSSR count). The van der Waals surface area contributed by atoms with Crippen molar-refractivity contribution >= 4 is 5.95 Å². The molecule has 0 aliphatic carbocycles. The molecule has 0 saturated heterocycles. The molecule has 1 aromatic carbocycles. The van der Waals surface area contributed by atoms with Gasteiger partial charge in [0.05, 0.1) is 12.4 Å². The fourth-order valence-electron chi connectivity index (χ4n) is 1.44. The molecule has 0 fully saturated rings. The van der Waals surface area contributed by atoms with Crippen LogP contribution in [0, 0.1) is 11.6 Å². The van der Waals surface area contributed by atoms with Crippen LogP contribution in [0.4, 0.5) is 14.7 Å². The normalized spacial score (nSPS) is 10.3. The van der Waals surface area contributed by atoms with Crippen molar-refractivity contribution in [2.24, 2.45) is 0 Å². The van der Waals surface area contributed by atoms with Gasteiger partial charge in [-0.3, -0.25) is 0 Å². The van der Waals surface area contributed by atoms with Crippen LogP contribution in [-0.2, 0) is 6.54 Å². The van der Waals surface area contributed by atoms with Gasteiger partial charge in [-0.2, -0.15) is 0 Å². The van der Waals surface area contributed by atoms with Crippen LogP contribution in [0.3, 0.4) is 0 Å². The Morgan fingerprint density at radius 2 is 1.59 bits per heavy atom. The maximum absolute atomic E-state index is 12.7. The second kappa shape index (κ2) is 4.86. The average Bonchev–Trinajstić information content (AvgIpc) is 2.33. The number of aromatic nitrogens is 2. The van der Waals surface area contributed by atoms with Crippen LogP contribution in [0.25, 0.3) is 0 Å². The molecule has 0 spiro atoms.